The largest absolute Gasteiger partial charge is 0.452 e. The van der Waals surface area contributed by atoms with Crippen LogP contribution in [-0.2, 0) is 22.5 Å². The minimum absolute atomic E-state index is 0.105. The van der Waals surface area contributed by atoms with E-state index >= 15 is 0 Å². The number of para-hydroxylation sites is 1. The van der Waals surface area contributed by atoms with Crippen molar-refractivity contribution in [2.75, 3.05) is 26.2 Å². The van der Waals surface area contributed by atoms with E-state index in [1.54, 1.807) is 0 Å². The van der Waals surface area contributed by atoms with Crippen LogP contribution in [0.2, 0.25) is 0 Å². The van der Waals surface area contributed by atoms with Crippen LogP contribution in [0, 0.1) is 5.92 Å². The van der Waals surface area contributed by atoms with Gasteiger partial charge in [0.05, 0.1) is 11.1 Å². The Kier molecular flexibility index (Phi) is 6.04. The summed E-state index contributed by atoms with van der Waals surface area (Å²) in [6.07, 6.45) is 2.82. The normalized spacial score (nSPS) is 17.9. The highest BCUT2D eigenvalue weighted by molar-refractivity contribution is 6.05. The third kappa shape index (κ3) is 4.19. The van der Waals surface area contributed by atoms with Crippen LogP contribution in [0.3, 0.4) is 0 Å². The monoisotopic (exact) mass is 409 g/mol. The Labute approximate surface area is 178 Å². The standard InChI is InChI=1S/C24H31N3O3/c1-16(2)27-13-10-21-19(14-27)23(18-6-4-5-7-20(18)25-21)24(29)30-15-22(28)26-11-8-17(3)9-12-26/h4-7,16-17H,8-15H2,1-3H3. The van der Waals surface area contributed by atoms with Gasteiger partial charge in [0.1, 0.15) is 0 Å². The van der Waals surface area contributed by atoms with E-state index in [1.165, 1.54) is 0 Å². The summed E-state index contributed by atoms with van der Waals surface area (Å²) in [5.74, 6) is 0.121. The molecule has 6 nitrogen and oxygen atoms in total. The van der Waals surface area contributed by atoms with Gasteiger partial charge in [-0.15, -0.1) is 0 Å². The lowest BCUT2D eigenvalue weighted by Crippen LogP contribution is -2.40. The first kappa shape index (κ1) is 20.8. The predicted molar refractivity (Wildman–Crippen MR) is 116 cm³/mol. The summed E-state index contributed by atoms with van der Waals surface area (Å²) in [5.41, 5.74) is 3.28. The molecule has 2 aliphatic rings. The van der Waals surface area contributed by atoms with Gasteiger partial charge in [-0.1, -0.05) is 25.1 Å². The number of nitrogens with zero attached hydrogens (tertiary/aromatic N) is 3. The van der Waals surface area contributed by atoms with Crippen LogP contribution >= 0.6 is 0 Å². The number of benzene rings is 1. The SMILES string of the molecule is CC1CCN(C(=O)COC(=O)c2c3c(nc4ccccc24)CCN(C(C)C)C3)CC1. The van der Waals surface area contributed by atoms with Gasteiger partial charge >= 0.3 is 5.97 Å². The molecular weight excluding hydrogens is 378 g/mol. The first-order valence-electron chi connectivity index (χ1n) is 11.0. The van der Waals surface area contributed by atoms with Crippen molar-refractivity contribution in [3.63, 3.8) is 0 Å². The summed E-state index contributed by atoms with van der Waals surface area (Å²) in [4.78, 5) is 34.7. The molecule has 6 heteroatoms. The summed E-state index contributed by atoms with van der Waals surface area (Å²) in [6.45, 7) is 9.42. The fourth-order valence-electron chi connectivity index (χ4n) is 4.43. The third-order valence-corrected chi connectivity index (χ3v) is 6.47. The Balaban J connectivity index is 1.58. The molecule has 30 heavy (non-hydrogen) atoms. The predicted octanol–water partition coefficient (Wildman–Crippen LogP) is 3.42. The maximum absolute atomic E-state index is 13.2. The molecule has 4 rings (SSSR count). The molecular formula is C24H31N3O3. The molecule has 0 aliphatic carbocycles. The van der Waals surface area contributed by atoms with Gasteiger partial charge in [-0.2, -0.15) is 0 Å². The Morgan fingerprint density at radius 3 is 2.63 bits per heavy atom. The lowest BCUT2D eigenvalue weighted by atomic mass is 9.95. The number of piperidine rings is 1. The maximum atomic E-state index is 13.2. The number of rotatable bonds is 4. The number of aromatic nitrogens is 1. The van der Waals surface area contributed by atoms with Gasteiger partial charge in [0.2, 0.25) is 0 Å². The van der Waals surface area contributed by atoms with Crippen LogP contribution in [0.4, 0.5) is 0 Å². The van der Waals surface area contributed by atoms with Crippen LogP contribution in [0.15, 0.2) is 24.3 Å². The Bertz CT molecular complexity index is 948. The first-order chi connectivity index (χ1) is 14.4. The van der Waals surface area contributed by atoms with Crippen LogP contribution < -0.4 is 0 Å². The van der Waals surface area contributed by atoms with E-state index in [1.807, 2.05) is 29.2 Å². The highest BCUT2D eigenvalue weighted by atomic mass is 16.5. The Morgan fingerprint density at radius 2 is 1.90 bits per heavy atom. The number of fused-ring (bicyclic) bond motifs is 2. The molecule has 1 fully saturated rings. The van der Waals surface area contributed by atoms with Crippen molar-refractivity contribution in [3.8, 4) is 0 Å². The average molecular weight is 410 g/mol. The third-order valence-electron chi connectivity index (χ3n) is 6.47. The molecule has 0 bridgehead atoms. The number of carbonyl (C=O) groups is 2. The quantitative estimate of drug-likeness (QED) is 0.724. The Hall–Kier alpha value is -2.47. The van der Waals surface area contributed by atoms with Crippen molar-refractivity contribution >= 4 is 22.8 Å². The lowest BCUT2D eigenvalue weighted by Gasteiger charge is -2.32. The molecule has 3 heterocycles. The topological polar surface area (TPSA) is 62.7 Å². The van der Waals surface area contributed by atoms with Gasteiger partial charge in [-0.25, -0.2) is 4.79 Å². The summed E-state index contributed by atoms with van der Waals surface area (Å²) < 4.78 is 5.56. The van der Waals surface area contributed by atoms with Crippen molar-refractivity contribution in [2.45, 2.75) is 52.6 Å². The Morgan fingerprint density at radius 1 is 1.17 bits per heavy atom. The zero-order chi connectivity index (χ0) is 21.3. The smallest absolute Gasteiger partial charge is 0.339 e. The zero-order valence-electron chi connectivity index (χ0n) is 18.2. The molecule has 1 aromatic carbocycles. The molecule has 1 amide bonds. The van der Waals surface area contributed by atoms with E-state index in [-0.39, 0.29) is 12.5 Å². The maximum Gasteiger partial charge on any atom is 0.339 e. The van der Waals surface area contributed by atoms with Gasteiger partial charge in [0.25, 0.3) is 5.91 Å². The van der Waals surface area contributed by atoms with Crippen LogP contribution in [0.25, 0.3) is 10.9 Å². The van der Waals surface area contributed by atoms with E-state index in [2.05, 4.69) is 25.7 Å². The molecule has 0 spiro atoms. The van der Waals surface area contributed by atoms with E-state index in [0.717, 1.165) is 61.1 Å². The van der Waals surface area contributed by atoms with Gasteiger partial charge in [-0.3, -0.25) is 14.7 Å². The van der Waals surface area contributed by atoms with Crippen molar-refractivity contribution in [3.05, 3.63) is 41.1 Å². The highest BCUT2D eigenvalue weighted by Crippen LogP contribution is 2.29. The second kappa shape index (κ2) is 8.72. The minimum Gasteiger partial charge on any atom is -0.452 e. The van der Waals surface area contributed by atoms with E-state index in [0.29, 0.717) is 24.1 Å². The second-order valence-corrected chi connectivity index (χ2v) is 8.88. The van der Waals surface area contributed by atoms with E-state index in [4.69, 9.17) is 9.72 Å². The molecule has 1 aromatic heterocycles. The van der Waals surface area contributed by atoms with Gasteiger partial charge in [0, 0.05) is 55.3 Å². The second-order valence-electron chi connectivity index (χ2n) is 8.88. The molecule has 2 aliphatic heterocycles. The van der Waals surface area contributed by atoms with Gasteiger partial charge in [-0.05, 0) is 38.7 Å². The molecule has 2 aromatic rings. The zero-order valence-corrected chi connectivity index (χ0v) is 18.2. The number of hydrogen-bond acceptors (Lipinski definition) is 5. The molecule has 0 unspecified atom stereocenters. The van der Waals surface area contributed by atoms with Crippen molar-refractivity contribution < 1.29 is 14.3 Å². The number of likely N-dealkylation sites (tertiary alicyclic amines) is 1. The minimum atomic E-state index is -0.422. The highest BCUT2D eigenvalue weighted by Gasteiger charge is 2.28. The average Bonchev–Trinajstić information content (AvgIpc) is 2.75. The van der Waals surface area contributed by atoms with Crippen molar-refractivity contribution in [1.29, 1.82) is 0 Å². The molecule has 0 radical (unpaired) electrons. The van der Waals surface area contributed by atoms with Crippen LogP contribution in [0.5, 0.6) is 0 Å². The molecule has 160 valence electrons. The molecule has 1 saturated heterocycles. The lowest BCUT2D eigenvalue weighted by molar-refractivity contribution is -0.135. The van der Waals surface area contributed by atoms with Crippen LogP contribution in [-0.4, -0.2) is 58.9 Å². The summed E-state index contributed by atoms with van der Waals surface area (Å²) >= 11 is 0. The fraction of sp³-hybridized carbons (Fsp3) is 0.542. The summed E-state index contributed by atoms with van der Waals surface area (Å²) in [7, 11) is 0. The van der Waals surface area contributed by atoms with Gasteiger partial charge < -0.3 is 9.64 Å². The number of hydrogen-bond donors (Lipinski definition) is 0. The number of amides is 1. The fourth-order valence-corrected chi connectivity index (χ4v) is 4.43. The number of pyridine rings is 1. The molecule has 0 saturated carbocycles. The summed E-state index contributed by atoms with van der Waals surface area (Å²) in [5, 5.41) is 0.797. The summed E-state index contributed by atoms with van der Waals surface area (Å²) in [6, 6.07) is 8.08. The number of carbonyl (C=O) groups excluding carboxylic acids is 2. The van der Waals surface area contributed by atoms with Crippen molar-refractivity contribution in [1.82, 2.24) is 14.8 Å². The molecule has 0 N–H and O–H groups in total. The number of ether oxygens (including phenoxy) is 1. The first-order valence-corrected chi connectivity index (χ1v) is 11.0. The molecule has 0 atom stereocenters. The van der Waals surface area contributed by atoms with Crippen molar-refractivity contribution in [2.24, 2.45) is 5.92 Å². The van der Waals surface area contributed by atoms with Crippen LogP contribution in [0.1, 0.15) is 55.2 Å². The van der Waals surface area contributed by atoms with E-state index < -0.39 is 5.97 Å². The number of esters is 1. The van der Waals surface area contributed by atoms with E-state index in [9.17, 15) is 9.59 Å². The van der Waals surface area contributed by atoms with Gasteiger partial charge in [0.15, 0.2) is 6.61 Å².